The van der Waals surface area contributed by atoms with E-state index in [2.05, 4.69) is 4.18 Å². The van der Waals surface area contributed by atoms with Gasteiger partial charge in [0.25, 0.3) is 0 Å². The van der Waals surface area contributed by atoms with E-state index < -0.39 is 15.6 Å². The smallest absolute Gasteiger partial charge is 0.381 e. The molecule has 1 aliphatic rings. The quantitative estimate of drug-likeness (QED) is 0.446. The largest absolute Gasteiger partial charge is 0.534 e. The van der Waals surface area contributed by atoms with Crippen LogP contribution in [0.3, 0.4) is 0 Å². The van der Waals surface area contributed by atoms with Crippen LogP contribution in [0.5, 0.6) is 0 Å². The Hall–Kier alpha value is -0.280. The minimum atomic E-state index is -5.56. The van der Waals surface area contributed by atoms with E-state index in [1.807, 2.05) is 6.26 Å². The molecule has 0 aromatic heterocycles. The second-order valence-electron chi connectivity index (χ2n) is 4.05. The first-order valence-electron chi connectivity index (χ1n) is 5.44. The molecule has 3 nitrogen and oxygen atoms in total. The molecule has 0 N–H and O–H groups in total. The molecule has 1 rings (SSSR count). The summed E-state index contributed by atoms with van der Waals surface area (Å²) in [7, 11) is -5.56. The van der Waals surface area contributed by atoms with Crippen LogP contribution in [0.4, 0.5) is 13.2 Å². The molecule has 0 spiro atoms. The maximum atomic E-state index is 12.2. The first kappa shape index (κ1) is 16.8. The highest BCUT2D eigenvalue weighted by atomic mass is 32.2. The molecule has 110 valence electrons. The molecule has 0 heterocycles. The van der Waals surface area contributed by atoms with Crippen LogP contribution in [-0.2, 0) is 14.3 Å². The number of rotatable bonds is 4. The predicted molar refractivity (Wildman–Crippen MR) is 72.2 cm³/mol. The van der Waals surface area contributed by atoms with Crippen molar-refractivity contribution in [3.05, 3.63) is 11.8 Å². The topological polar surface area (TPSA) is 43.4 Å². The van der Waals surface area contributed by atoms with Crippen molar-refractivity contribution in [3.8, 4) is 0 Å². The van der Waals surface area contributed by atoms with Crippen molar-refractivity contribution in [1.82, 2.24) is 0 Å². The van der Waals surface area contributed by atoms with Gasteiger partial charge in [-0.1, -0.05) is 12.2 Å². The average molecular weight is 334 g/mol. The molecule has 9 heteroatoms. The second kappa shape index (κ2) is 6.45. The van der Waals surface area contributed by atoms with Crippen molar-refractivity contribution < 1.29 is 25.8 Å². The molecule has 1 atom stereocenters. The number of thioether (sulfide) groups is 1. The monoisotopic (exact) mass is 334 g/mol. The van der Waals surface area contributed by atoms with Crippen LogP contribution >= 0.6 is 24.0 Å². The van der Waals surface area contributed by atoms with Crippen LogP contribution < -0.4 is 0 Å². The molecule has 0 saturated heterocycles. The summed E-state index contributed by atoms with van der Waals surface area (Å²) in [5, 5.41) is 0. The number of alkyl halides is 3. The molecule has 19 heavy (non-hydrogen) atoms. The number of hydrogen-bond donors (Lipinski definition) is 0. The molecule has 0 saturated carbocycles. The number of halogens is 3. The van der Waals surface area contributed by atoms with Gasteiger partial charge in [-0.15, -0.1) is 11.8 Å². The minimum absolute atomic E-state index is 0.0628. The van der Waals surface area contributed by atoms with E-state index in [9.17, 15) is 21.6 Å². The zero-order chi connectivity index (χ0) is 14.7. The summed E-state index contributed by atoms with van der Waals surface area (Å²) < 4.78 is 63.2. The first-order valence-corrected chi connectivity index (χ1v) is 8.48. The molecule has 1 unspecified atom stereocenters. The Balaban J connectivity index is 2.76. The van der Waals surface area contributed by atoms with Crippen LogP contribution in [0.1, 0.15) is 25.7 Å². The molecule has 1 aliphatic carbocycles. The first-order chi connectivity index (χ1) is 8.65. The Morgan fingerprint density at radius 2 is 2.21 bits per heavy atom. The van der Waals surface area contributed by atoms with E-state index in [0.717, 1.165) is 10.6 Å². The van der Waals surface area contributed by atoms with Gasteiger partial charge in [0.05, 0.1) is 0 Å². The molecule has 0 radical (unpaired) electrons. The lowest BCUT2D eigenvalue weighted by Gasteiger charge is -2.21. The summed E-state index contributed by atoms with van der Waals surface area (Å²) in [6, 6.07) is 0. The van der Waals surface area contributed by atoms with Crippen LogP contribution in [0.15, 0.2) is 11.8 Å². The van der Waals surface area contributed by atoms with Crippen molar-refractivity contribution in [1.29, 1.82) is 0 Å². The van der Waals surface area contributed by atoms with Gasteiger partial charge in [-0.05, 0) is 37.5 Å². The van der Waals surface area contributed by atoms with Crippen molar-refractivity contribution in [3.63, 3.8) is 0 Å². The molecule has 0 aliphatic heterocycles. The van der Waals surface area contributed by atoms with Gasteiger partial charge in [-0.2, -0.15) is 21.6 Å². The van der Waals surface area contributed by atoms with Gasteiger partial charge < -0.3 is 4.18 Å². The maximum Gasteiger partial charge on any atom is 0.534 e. The van der Waals surface area contributed by atoms with E-state index in [0.29, 0.717) is 12.8 Å². The second-order valence-corrected chi connectivity index (χ2v) is 7.24. The molecule has 0 aromatic rings. The van der Waals surface area contributed by atoms with Gasteiger partial charge in [0, 0.05) is 10.6 Å². The third kappa shape index (κ3) is 4.96. The Kier molecular flexibility index (Phi) is 5.69. The molecule has 0 bridgehead atoms. The zero-order valence-corrected chi connectivity index (χ0v) is 12.5. The average Bonchev–Trinajstić information content (AvgIpc) is 2.27. The lowest BCUT2D eigenvalue weighted by molar-refractivity contribution is -0.0524. The summed E-state index contributed by atoms with van der Waals surface area (Å²) in [5.74, 6) is -0.204. The van der Waals surface area contributed by atoms with Crippen molar-refractivity contribution in [2.24, 2.45) is 5.92 Å². The number of allylic oxidation sites excluding steroid dienone is 2. The molecule has 0 fully saturated rings. The zero-order valence-electron chi connectivity index (χ0n) is 10.1. The van der Waals surface area contributed by atoms with Crippen molar-refractivity contribution in [2.75, 3.05) is 6.26 Å². The Labute approximate surface area is 119 Å². The van der Waals surface area contributed by atoms with Gasteiger partial charge in [0.15, 0.2) is 0 Å². The highest BCUT2D eigenvalue weighted by Gasteiger charge is 2.48. The number of hydrogen-bond acceptors (Lipinski definition) is 5. The highest BCUT2D eigenvalue weighted by Crippen LogP contribution is 2.32. The summed E-state index contributed by atoms with van der Waals surface area (Å²) in [5.41, 5.74) is -5.39. The van der Waals surface area contributed by atoms with E-state index in [1.165, 1.54) is 17.8 Å². The SMILES string of the molecule is CSC(=S)CC1C=C(OS(=O)(=O)C(F)(F)F)CCC1. The molecular formula is C10H13F3O3S3. The summed E-state index contributed by atoms with van der Waals surface area (Å²) in [6.45, 7) is 0. The molecule has 0 aromatic carbocycles. The Morgan fingerprint density at radius 3 is 2.74 bits per heavy atom. The summed E-state index contributed by atoms with van der Waals surface area (Å²) >= 11 is 6.44. The van der Waals surface area contributed by atoms with Crippen molar-refractivity contribution >= 4 is 38.3 Å². The minimum Gasteiger partial charge on any atom is -0.381 e. The number of thiocarbonyl (C=S) groups is 1. The van der Waals surface area contributed by atoms with Crippen molar-refractivity contribution in [2.45, 2.75) is 31.2 Å². The highest BCUT2D eigenvalue weighted by molar-refractivity contribution is 8.22. The van der Waals surface area contributed by atoms with E-state index in [1.54, 1.807) is 0 Å². The van der Waals surface area contributed by atoms with Crippen LogP contribution in [0.25, 0.3) is 0 Å². The van der Waals surface area contributed by atoms with Gasteiger partial charge in [0.1, 0.15) is 5.76 Å². The van der Waals surface area contributed by atoms with E-state index in [-0.39, 0.29) is 18.1 Å². The lowest BCUT2D eigenvalue weighted by Crippen LogP contribution is -2.26. The predicted octanol–water partition coefficient (Wildman–Crippen LogP) is 3.62. The van der Waals surface area contributed by atoms with E-state index in [4.69, 9.17) is 12.2 Å². The Bertz CT molecular complexity index is 468. The third-order valence-electron chi connectivity index (χ3n) is 2.58. The standard InChI is InChI=1S/C10H13F3O3S3/c1-18-9(17)6-7-3-2-4-8(5-7)16-19(14,15)10(11,12)13/h5,7H,2-4,6H2,1H3. The lowest BCUT2D eigenvalue weighted by atomic mass is 9.93. The molecular weight excluding hydrogens is 321 g/mol. The Morgan fingerprint density at radius 1 is 1.58 bits per heavy atom. The fourth-order valence-electron chi connectivity index (χ4n) is 1.68. The fourth-order valence-corrected chi connectivity index (χ4v) is 2.79. The fraction of sp³-hybridized carbons (Fsp3) is 0.700. The van der Waals surface area contributed by atoms with Gasteiger partial charge in [-0.25, -0.2) is 0 Å². The maximum absolute atomic E-state index is 12.2. The summed E-state index contributed by atoms with van der Waals surface area (Å²) in [6.07, 6.45) is 5.34. The van der Waals surface area contributed by atoms with Crippen LogP contribution in [-0.4, -0.2) is 24.4 Å². The van der Waals surface area contributed by atoms with Gasteiger partial charge in [0.2, 0.25) is 0 Å². The van der Waals surface area contributed by atoms with E-state index >= 15 is 0 Å². The van der Waals surface area contributed by atoms with Gasteiger partial charge in [-0.3, -0.25) is 0 Å². The summed E-state index contributed by atoms with van der Waals surface area (Å²) in [4.78, 5) is 0. The van der Waals surface area contributed by atoms with Crippen LogP contribution in [0, 0.1) is 5.92 Å². The third-order valence-corrected chi connectivity index (χ3v) is 4.87. The van der Waals surface area contributed by atoms with Crippen LogP contribution in [0.2, 0.25) is 0 Å². The normalized spacial score (nSPS) is 20.8. The van der Waals surface area contributed by atoms with Gasteiger partial charge >= 0.3 is 15.6 Å². The molecule has 0 amide bonds.